The number of fused-ring (bicyclic) bond motifs is 1. The van der Waals surface area contributed by atoms with E-state index in [1.807, 2.05) is 30.0 Å². The van der Waals surface area contributed by atoms with Crippen molar-refractivity contribution in [3.63, 3.8) is 0 Å². The standard InChI is InChI=1S/C33H47N5O4S/c39-28-15-13-26(14-16-28)11-12-27-17-22-38(23-18-27)21-7-1-3-10-31(40)34-19-5-2-6-20-35-42-24-8-4-9-30-32-29(25-43-30)36-33(41)37-32/h11-18,22-23,29-30,32,35H,1-10,19-21,24-25H2,(H3,34,36,37,40,41)/p+1. The molecule has 234 valence electrons. The molecule has 9 nitrogen and oxygen atoms in total. The molecule has 1 aromatic carbocycles. The topological polar surface area (TPSA) is 116 Å². The third-order valence-electron chi connectivity index (χ3n) is 7.90. The van der Waals surface area contributed by atoms with Crippen LogP contribution in [0.5, 0.6) is 5.75 Å². The summed E-state index contributed by atoms with van der Waals surface area (Å²) < 4.78 is 2.18. The molecule has 3 heterocycles. The number of thioether (sulfide) groups is 1. The first-order valence-corrected chi connectivity index (χ1v) is 16.9. The third kappa shape index (κ3) is 12.2. The zero-order valence-corrected chi connectivity index (χ0v) is 26.0. The first-order chi connectivity index (χ1) is 21.1. The molecule has 0 aliphatic carbocycles. The second kappa shape index (κ2) is 18.6. The van der Waals surface area contributed by atoms with Crippen molar-refractivity contribution in [2.45, 2.75) is 88.1 Å². The molecule has 2 saturated heterocycles. The van der Waals surface area contributed by atoms with Gasteiger partial charge in [0.2, 0.25) is 5.91 Å². The molecule has 0 bridgehead atoms. The molecule has 10 heteroatoms. The van der Waals surface area contributed by atoms with Crippen molar-refractivity contribution in [1.29, 1.82) is 0 Å². The van der Waals surface area contributed by atoms with Crippen LogP contribution in [0.15, 0.2) is 48.8 Å². The van der Waals surface area contributed by atoms with Crippen LogP contribution in [-0.4, -0.2) is 59.8 Å². The maximum atomic E-state index is 12.1. The first kappa shape index (κ1) is 32.8. The fourth-order valence-electron chi connectivity index (χ4n) is 5.39. The summed E-state index contributed by atoms with van der Waals surface area (Å²) in [5.41, 5.74) is 5.23. The average molecular weight is 611 g/mol. The molecule has 3 unspecified atom stereocenters. The number of phenolic OH excluding ortho intramolecular Hbond substituents is 1. The van der Waals surface area contributed by atoms with E-state index in [1.165, 1.54) is 0 Å². The lowest BCUT2D eigenvalue weighted by molar-refractivity contribution is -0.697. The van der Waals surface area contributed by atoms with E-state index in [2.05, 4.69) is 56.6 Å². The molecule has 2 aromatic rings. The number of aryl methyl sites for hydroxylation is 1. The molecule has 0 saturated carbocycles. The predicted molar refractivity (Wildman–Crippen MR) is 172 cm³/mol. The van der Waals surface area contributed by atoms with Crippen LogP contribution in [-0.2, 0) is 16.2 Å². The molecular weight excluding hydrogens is 562 g/mol. The van der Waals surface area contributed by atoms with E-state index in [9.17, 15) is 14.7 Å². The van der Waals surface area contributed by atoms with E-state index < -0.39 is 0 Å². The maximum Gasteiger partial charge on any atom is 0.315 e. The van der Waals surface area contributed by atoms with Crippen LogP contribution in [0.1, 0.15) is 75.3 Å². The Morgan fingerprint density at radius 2 is 1.67 bits per heavy atom. The molecular formula is C33H48N5O4S+. The number of carbonyl (C=O) groups is 2. The summed E-state index contributed by atoms with van der Waals surface area (Å²) >= 11 is 1.96. The van der Waals surface area contributed by atoms with Gasteiger partial charge in [-0.3, -0.25) is 4.79 Å². The predicted octanol–water partition coefficient (Wildman–Crippen LogP) is 4.55. The number of carbonyl (C=O) groups excluding carboxylic acids is 2. The number of unbranched alkanes of at least 4 members (excludes halogenated alkanes) is 5. The molecule has 3 amide bonds. The second-order valence-electron chi connectivity index (χ2n) is 11.4. The minimum Gasteiger partial charge on any atom is -0.508 e. The summed E-state index contributed by atoms with van der Waals surface area (Å²) in [6.45, 7) is 3.21. The summed E-state index contributed by atoms with van der Waals surface area (Å²) in [4.78, 5) is 29.1. The lowest BCUT2D eigenvalue weighted by Gasteiger charge is -2.16. The highest BCUT2D eigenvalue weighted by Gasteiger charge is 2.42. The normalized spacial score (nSPS) is 19.3. The number of benzene rings is 1. The van der Waals surface area contributed by atoms with Gasteiger partial charge in [0, 0.05) is 49.1 Å². The molecule has 2 fully saturated rings. The van der Waals surface area contributed by atoms with Crippen LogP contribution in [0.2, 0.25) is 0 Å². The SMILES string of the molecule is O=C(CCCCC[n+]1ccc(/C=C/c2ccc(O)cc2)cc1)NCCCCCNOCCCCC1SCC2NC(=O)NC21. The van der Waals surface area contributed by atoms with Gasteiger partial charge in [-0.1, -0.05) is 30.7 Å². The van der Waals surface area contributed by atoms with Gasteiger partial charge in [0.1, 0.15) is 12.3 Å². The van der Waals surface area contributed by atoms with Crippen molar-refractivity contribution >= 4 is 35.9 Å². The number of hydroxylamine groups is 1. The molecule has 0 spiro atoms. The molecule has 4 rings (SSSR count). The van der Waals surface area contributed by atoms with Crippen molar-refractivity contribution in [2.75, 3.05) is 25.4 Å². The molecule has 1 aromatic heterocycles. The van der Waals surface area contributed by atoms with Gasteiger partial charge in [0.15, 0.2) is 12.4 Å². The quantitative estimate of drug-likeness (QED) is 0.0650. The Balaban J connectivity index is 0.899. The summed E-state index contributed by atoms with van der Waals surface area (Å²) in [6, 6.07) is 11.9. The molecule has 3 atom stereocenters. The number of aromatic nitrogens is 1. The van der Waals surface area contributed by atoms with Crippen LogP contribution >= 0.6 is 11.8 Å². The van der Waals surface area contributed by atoms with E-state index in [1.54, 1.807) is 12.1 Å². The molecule has 2 aliphatic heterocycles. The molecule has 0 radical (unpaired) electrons. The van der Waals surface area contributed by atoms with Gasteiger partial charge >= 0.3 is 6.03 Å². The van der Waals surface area contributed by atoms with Crippen LogP contribution in [0.25, 0.3) is 12.2 Å². The highest BCUT2D eigenvalue weighted by atomic mass is 32.2. The van der Waals surface area contributed by atoms with Crippen molar-refractivity contribution in [1.82, 2.24) is 21.4 Å². The van der Waals surface area contributed by atoms with Gasteiger partial charge in [-0.25, -0.2) is 14.8 Å². The number of urea groups is 1. The summed E-state index contributed by atoms with van der Waals surface area (Å²) in [7, 11) is 0. The van der Waals surface area contributed by atoms with Gasteiger partial charge in [-0.2, -0.15) is 11.8 Å². The van der Waals surface area contributed by atoms with Gasteiger partial charge in [0.05, 0.1) is 18.7 Å². The van der Waals surface area contributed by atoms with E-state index >= 15 is 0 Å². The van der Waals surface area contributed by atoms with E-state index in [0.29, 0.717) is 24.3 Å². The molecule has 5 N–H and O–H groups in total. The highest BCUT2D eigenvalue weighted by Crippen LogP contribution is 2.33. The Labute approximate surface area is 260 Å². The third-order valence-corrected chi connectivity index (χ3v) is 9.41. The van der Waals surface area contributed by atoms with E-state index in [4.69, 9.17) is 4.84 Å². The number of rotatable bonds is 20. The number of phenols is 1. The number of pyridine rings is 1. The monoisotopic (exact) mass is 610 g/mol. The zero-order valence-electron chi connectivity index (χ0n) is 25.1. The Bertz CT molecular complexity index is 1140. The highest BCUT2D eigenvalue weighted by molar-refractivity contribution is 8.00. The maximum absolute atomic E-state index is 12.1. The summed E-state index contributed by atoms with van der Waals surface area (Å²) in [5, 5.41) is 19.0. The number of aromatic hydroxyl groups is 1. The first-order valence-electron chi connectivity index (χ1n) is 15.8. The Hall–Kier alpha value is -3.08. The van der Waals surface area contributed by atoms with Crippen LogP contribution < -0.4 is 26.0 Å². The van der Waals surface area contributed by atoms with Crippen LogP contribution in [0, 0.1) is 0 Å². The van der Waals surface area contributed by atoms with Gasteiger partial charge < -0.3 is 25.9 Å². The summed E-state index contributed by atoms with van der Waals surface area (Å²) in [6.07, 6.45) is 18.2. The number of hydrogen-bond acceptors (Lipinski definition) is 6. The van der Waals surface area contributed by atoms with Crippen molar-refractivity contribution in [2.24, 2.45) is 0 Å². The number of amides is 3. The van der Waals surface area contributed by atoms with Crippen LogP contribution in [0.4, 0.5) is 4.79 Å². The minimum absolute atomic E-state index is 0.0200. The average Bonchev–Trinajstić information content (AvgIpc) is 3.57. The lowest BCUT2D eigenvalue weighted by Crippen LogP contribution is -2.36. The van der Waals surface area contributed by atoms with Gasteiger partial charge in [-0.15, -0.1) is 0 Å². The zero-order chi connectivity index (χ0) is 30.1. The fraction of sp³-hybridized carbons (Fsp3) is 0.545. The largest absolute Gasteiger partial charge is 0.508 e. The minimum atomic E-state index is -0.0200. The van der Waals surface area contributed by atoms with Crippen LogP contribution in [0.3, 0.4) is 0 Å². The number of nitrogens with one attached hydrogen (secondary N) is 4. The molecule has 2 aliphatic rings. The number of nitrogens with zero attached hydrogens (tertiary/aromatic N) is 1. The van der Waals surface area contributed by atoms with Crippen molar-refractivity contribution in [3.8, 4) is 5.75 Å². The Kier molecular flexibility index (Phi) is 14.2. The fourth-order valence-corrected chi connectivity index (χ4v) is 6.93. The number of hydrogen-bond donors (Lipinski definition) is 5. The Morgan fingerprint density at radius 1 is 0.930 bits per heavy atom. The lowest BCUT2D eigenvalue weighted by atomic mass is 10.0. The summed E-state index contributed by atoms with van der Waals surface area (Å²) in [5.74, 6) is 1.43. The molecule has 43 heavy (non-hydrogen) atoms. The van der Waals surface area contributed by atoms with Crippen molar-refractivity contribution < 1.29 is 24.1 Å². The smallest absolute Gasteiger partial charge is 0.315 e. The van der Waals surface area contributed by atoms with E-state index in [-0.39, 0.29) is 23.7 Å². The second-order valence-corrected chi connectivity index (χ2v) is 12.6. The van der Waals surface area contributed by atoms with Gasteiger partial charge in [0.25, 0.3) is 0 Å². The van der Waals surface area contributed by atoms with Crippen molar-refractivity contribution in [3.05, 3.63) is 59.9 Å². The van der Waals surface area contributed by atoms with E-state index in [0.717, 1.165) is 94.3 Å². The Morgan fingerprint density at radius 3 is 2.49 bits per heavy atom. The van der Waals surface area contributed by atoms with Gasteiger partial charge in [-0.05, 0) is 68.2 Å².